The lowest BCUT2D eigenvalue weighted by molar-refractivity contribution is -0.138. The smallest absolute Gasteiger partial charge is 0.417 e. The first-order valence-corrected chi connectivity index (χ1v) is 5.81. The molecule has 0 radical (unpaired) electrons. The molecule has 0 amide bonds. The third kappa shape index (κ3) is 2.38. The molecule has 18 heavy (non-hydrogen) atoms. The number of hydrogen-bond donors (Lipinski definition) is 1. The van der Waals surface area contributed by atoms with Crippen molar-refractivity contribution in [2.24, 2.45) is 0 Å². The fourth-order valence-electron chi connectivity index (χ4n) is 1.57. The number of carboxylic acids is 1. The Kier molecular flexibility index (Phi) is 3.13. The molecule has 0 saturated heterocycles. The van der Waals surface area contributed by atoms with E-state index in [4.69, 9.17) is 5.11 Å². The summed E-state index contributed by atoms with van der Waals surface area (Å²) in [5, 5.41) is 12.2. The first-order chi connectivity index (χ1) is 8.39. The fraction of sp³-hybridized carbons (Fsp3) is 0.0833. The highest BCUT2D eigenvalue weighted by Gasteiger charge is 2.35. The lowest BCUT2D eigenvalue weighted by Crippen LogP contribution is -2.12. The summed E-state index contributed by atoms with van der Waals surface area (Å²) < 4.78 is 38.3. The lowest BCUT2D eigenvalue weighted by atomic mass is 10.0. The van der Waals surface area contributed by atoms with E-state index in [2.05, 4.69) is 0 Å². The van der Waals surface area contributed by atoms with Crippen LogP contribution in [0.15, 0.2) is 35.0 Å². The minimum atomic E-state index is -4.68. The maximum Gasteiger partial charge on any atom is 0.417 e. The summed E-state index contributed by atoms with van der Waals surface area (Å²) in [6.45, 7) is 0. The van der Waals surface area contributed by atoms with Gasteiger partial charge in [0.2, 0.25) is 0 Å². The highest BCUT2D eigenvalue weighted by atomic mass is 32.1. The average Bonchev–Trinajstić information content (AvgIpc) is 2.80. The lowest BCUT2D eigenvalue weighted by Gasteiger charge is -2.11. The zero-order valence-corrected chi connectivity index (χ0v) is 9.68. The number of carboxylic acid groups (broad SMARTS) is 1. The Balaban J connectivity index is 2.60. The standard InChI is InChI=1S/C12H7F3O2S/c13-12(14,15)10-5-7(8-3-4-18-6-8)1-2-9(10)11(16)17/h1-6H,(H,16,17). The number of aromatic carboxylic acids is 1. The SMILES string of the molecule is O=C(O)c1ccc(-c2ccsc2)cc1C(F)(F)F. The van der Waals surface area contributed by atoms with Crippen molar-refractivity contribution in [2.75, 3.05) is 0 Å². The third-order valence-electron chi connectivity index (χ3n) is 2.41. The molecule has 0 bridgehead atoms. The van der Waals surface area contributed by atoms with Crippen LogP contribution in [0.4, 0.5) is 13.2 Å². The number of thiophene rings is 1. The molecule has 0 unspecified atom stereocenters. The largest absolute Gasteiger partial charge is 0.478 e. The Morgan fingerprint density at radius 1 is 1.17 bits per heavy atom. The van der Waals surface area contributed by atoms with Gasteiger partial charge in [0.15, 0.2) is 0 Å². The monoisotopic (exact) mass is 272 g/mol. The van der Waals surface area contributed by atoms with Gasteiger partial charge >= 0.3 is 12.1 Å². The first kappa shape index (κ1) is 12.6. The van der Waals surface area contributed by atoms with Gasteiger partial charge in [-0.25, -0.2) is 4.79 Å². The second kappa shape index (κ2) is 4.45. The van der Waals surface area contributed by atoms with Crippen molar-refractivity contribution in [2.45, 2.75) is 6.18 Å². The molecular weight excluding hydrogens is 265 g/mol. The van der Waals surface area contributed by atoms with Gasteiger partial charge in [-0.05, 0) is 40.1 Å². The molecule has 0 saturated carbocycles. The summed E-state index contributed by atoms with van der Waals surface area (Å²) in [5.41, 5.74) is -0.865. The Hall–Kier alpha value is -1.82. The van der Waals surface area contributed by atoms with Crippen LogP contribution in [-0.4, -0.2) is 11.1 Å². The van der Waals surface area contributed by atoms with E-state index in [-0.39, 0.29) is 0 Å². The van der Waals surface area contributed by atoms with E-state index in [1.165, 1.54) is 17.4 Å². The van der Waals surface area contributed by atoms with E-state index in [1.54, 1.807) is 16.8 Å². The van der Waals surface area contributed by atoms with E-state index < -0.39 is 23.3 Å². The second-order valence-corrected chi connectivity index (χ2v) is 4.36. The second-order valence-electron chi connectivity index (χ2n) is 3.58. The molecule has 0 aliphatic heterocycles. The Bertz CT molecular complexity index is 574. The zero-order chi connectivity index (χ0) is 13.3. The van der Waals surface area contributed by atoms with Crippen molar-refractivity contribution in [1.29, 1.82) is 0 Å². The molecule has 0 atom stereocenters. The van der Waals surface area contributed by atoms with Crippen LogP contribution in [0.2, 0.25) is 0 Å². The van der Waals surface area contributed by atoms with Gasteiger partial charge in [0.25, 0.3) is 0 Å². The minimum Gasteiger partial charge on any atom is -0.478 e. The Morgan fingerprint density at radius 2 is 1.89 bits per heavy atom. The fourth-order valence-corrected chi connectivity index (χ4v) is 2.24. The molecule has 0 spiro atoms. The van der Waals surface area contributed by atoms with Crippen LogP contribution in [0.3, 0.4) is 0 Å². The molecule has 2 aromatic rings. The van der Waals surface area contributed by atoms with Gasteiger partial charge in [-0.3, -0.25) is 0 Å². The third-order valence-corrected chi connectivity index (χ3v) is 3.09. The van der Waals surface area contributed by atoms with Crippen LogP contribution in [0.25, 0.3) is 11.1 Å². The van der Waals surface area contributed by atoms with Crippen molar-refractivity contribution >= 4 is 17.3 Å². The van der Waals surface area contributed by atoms with Gasteiger partial charge < -0.3 is 5.11 Å². The zero-order valence-electron chi connectivity index (χ0n) is 8.86. The Morgan fingerprint density at radius 3 is 2.39 bits per heavy atom. The summed E-state index contributed by atoms with van der Waals surface area (Å²) in [6, 6.07) is 4.91. The van der Waals surface area contributed by atoms with Crippen LogP contribution in [0, 0.1) is 0 Å². The summed E-state index contributed by atoms with van der Waals surface area (Å²) in [5.74, 6) is -1.58. The first-order valence-electron chi connectivity index (χ1n) is 4.86. The van der Waals surface area contributed by atoms with Crippen molar-refractivity contribution in [3.63, 3.8) is 0 Å². The molecule has 1 N–H and O–H groups in total. The van der Waals surface area contributed by atoms with E-state index in [1.807, 2.05) is 0 Å². The van der Waals surface area contributed by atoms with E-state index in [0.29, 0.717) is 11.1 Å². The minimum absolute atomic E-state index is 0.355. The number of carbonyl (C=O) groups is 1. The Labute approximate surface area is 104 Å². The van der Waals surface area contributed by atoms with Crippen molar-refractivity contribution < 1.29 is 23.1 Å². The maximum atomic E-state index is 12.8. The molecule has 1 aromatic heterocycles. The van der Waals surface area contributed by atoms with Gasteiger partial charge in [0.05, 0.1) is 11.1 Å². The van der Waals surface area contributed by atoms with Crippen molar-refractivity contribution in [3.05, 3.63) is 46.2 Å². The van der Waals surface area contributed by atoms with Crippen LogP contribution in [0.5, 0.6) is 0 Å². The summed E-state index contributed by atoms with van der Waals surface area (Å²) in [6.07, 6.45) is -4.68. The van der Waals surface area contributed by atoms with Crippen LogP contribution < -0.4 is 0 Å². The van der Waals surface area contributed by atoms with E-state index >= 15 is 0 Å². The molecule has 1 heterocycles. The molecule has 2 rings (SSSR count). The number of halogens is 3. The number of hydrogen-bond acceptors (Lipinski definition) is 2. The van der Waals surface area contributed by atoms with Gasteiger partial charge in [-0.1, -0.05) is 6.07 Å². The van der Waals surface area contributed by atoms with E-state index in [0.717, 1.165) is 12.1 Å². The average molecular weight is 272 g/mol. The number of benzene rings is 1. The maximum absolute atomic E-state index is 12.8. The highest BCUT2D eigenvalue weighted by Crippen LogP contribution is 2.35. The van der Waals surface area contributed by atoms with Gasteiger partial charge in [0.1, 0.15) is 0 Å². The molecule has 1 aromatic carbocycles. The highest BCUT2D eigenvalue weighted by molar-refractivity contribution is 7.08. The number of alkyl halides is 3. The van der Waals surface area contributed by atoms with Crippen LogP contribution in [0.1, 0.15) is 15.9 Å². The van der Waals surface area contributed by atoms with Crippen molar-refractivity contribution in [3.8, 4) is 11.1 Å². The molecular formula is C12H7F3O2S. The molecule has 2 nitrogen and oxygen atoms in total. The van der Waals surface area contributed by atoms with Gasteiger partial charge in [0, 0.05) is 0 Å². The van der Waals surface area contributed by atoms with E-state index in [9.17, 15) is 18.0 Å². The molecule has 0 aliphatic rings. The summed E-state index contributed by atoms with van der Waals surface area (Å²) in [7, 11) is 0. The topological polar surface area (TPSA) is 37.3 Å². The predicted octanol–water partition coefficient (Wildman–Crippen LogP) is 4.13. The van der Waals surface area contributed by atoms with Gasteiger partial charge in [-0.2, -0.15) is 24.5 Å². The molecule has 94 valence electrons. The summed E-state index contributed by atoms with van der Waals surface area (Å²) >= 11 is 1.36. The molecule has 0 aliphatic carbocycles. The van der Waals surface area contributed by atoms with Crippen LogP contribution in [-0.2, 0) is 6.18 Å². The molecule has 6 heteroatoms. The predicted molar refractivity (Wildman–Crippen MR) is 61.7 cm³/mol. The number of rotatable bonds is 2. The molecule has 0 fully saturated rings. The van der Waals surface area contributed by atoms with Crippen LogP contribution >= 0.6 is 11.3 Å². The normalized spacial score (nSPS) is 11.5. The summed E-state index contributed by atoms with van der Waals surface area (Å²) in [4.78, 5) is 10.8. The quantitative estimate of drug-likeness (QED) is 0.892. The van der Waals surface area contributed by atoms with Gasteiger partial charge in [-0.15, -0.1) is 0 Å². The van der Waals surface area contributed by atoms with Crippen molar-refractivity contribution in [1.82, 2.24) is 0 Å².